The van der Waals surface area contributed by atoms with E-state index in [1.807, 2.05) is 16.8 Å². The van der Waals surface area contributed by atoms with Crippen molar-refractivity contribution in [1.82, 2.24) is 24.6 Å². The van der Waals surface area contributed by atoms with Crippen LogP contribution in [0.4, 0.5) is 8.78 Å². The number of fused-ring (bicyclic) bond motifs is 1. The molecule has 1 aliphatic carbocycles. The Morgan fingerprint density at radius 2 is 1.94 bits per heavy atom. The van der Waals surface area contributed by atoms with Gasteiger partial charge in [-0.1, -0.05) is 31.9 Å². The van der Waals surface area contributed by atoms with Crippen LogP contribution in [0.2, 0.25) is 0 Å². The topological polar surface area (TPSA) is 76.0 Å². The zero-order chi connectivity index (χ0) is 22.2. The highest BCUT2D eigenvalue weighted by atomic mass is 19.3. The van der Waals surface area contributed by atoms with Crippen LogP contribution in [-0.2, 0) is 6.54 Å². The zero-order valence-electron chi connectivity index (χ0n) is 18.0. The van der Waals surface area contributed by atoms with Crippen molar-refractivity contribution in [3.63, 3.8) is 0 Å². The first kappa shape index (κ1) is 21.1. The van der Waals surface area contributed by atoms with Crippen molar-refractivity contribution in [2.45, 2.75) is 57.7 Å². The molecule has 1 saturated carbocycles. The third-order valence-electron chi connectivity index (χ3n) is 6.75. The Morgan fingerprint density at radius 1 is 1.19 bits per heavy atom. The summed E-state index contributed by atoms with van der Waals surface area (Å²) in [5, 5.41) is 5.04. The average molecular weight is 443 g/mol. The van der Waals surface area contributed by atoms with E-state index in [0.717, 1.165) is 37.3 Å². The first-order valence-corrected chi connectivity index (χ1v) is 11.2. The van der Waals surface area contributed by atoms with E-state index in [9.17, 15) is 13.6 Å². The van der Waals surface area contributed by atoms with Crippen molar-refractivity contribution in [3.8, 4) is 5.75 Å². The molecular weight excluding hydrogens is 416 g/mol. The summed E-state index contributed by atoms with van der Waals surface area (Å²) in [6.45, 7) is 1.68. The minimum atomic E-state index is -2.82. The van der Waals surface area contributed by atoms with Gasteiger partial charge in [-0.25, -0.2) is 9.67 Å². The van der Waals surface area contributed by atoms with Gasteiger partial charge in [0.25, 0.3) is 5.56 Å². The van der Waals surface area contributed by atoms with E-state index in [4.69, 9.17) is 4.98 Å². The van der Waals surface area contributed by atoms with Crippen molar-refractivity contribution in [2.75, 3.05) is 13.1 Å². The number of hydrogen-bond donors (Lipinski definition) is 1. The van der Waals surface area contributed by atoms with Gasteiger partial charge in [-0.05, 0) is 36.5 Å². The van der Waals surface area contributed by atoms with E-state index in [0.29, 0.717) is 29.5 Å². The monoisotopic (exact) mass is 443 g/mol. The molecule has 2 fully saturated rings. The maximum absolute atomic E-state index is 12.7. The van der Waals surface area contributed by atoms with E-state index < -0.39 is 6.61 Å². The molecule has 7 nitrogen and oxygen atoms in total. The number of alkyl halides is 2. The SMILES string of the molecule is C[C@@H]1CN(Cc2ccc(OC(F)F)cc2)C[C@H]1c1nc2c(cnn2C2CCCC2)c(=O)[nH]1. The smallest absolute Gasteiger partial charge is 0.387 e. The Bertz CT molecular complexity index is 1140. The second-order valence-electron chi connectivity index (χ2n) is 9.02. The van der Waals surface area contributed by atoms with Gasteiger partial charge in [-0.15, -0.1) is 0 Å². The fourth-order valence-electron chi connectivity index (χ4n) is 5.13. The molecule has 0 radical (unpaired) electrons. The molecule has 170 valence electrons. The molecule has 2 atom stereocenters. The lowest BCUT2D eigenvalue weighted by Crippen LogP contribution is -2.21. The molecule has 9 heteroatoms. The quantitative estimate of drug-likeness (QED) is 0.622. The first-order valence-electron chi connectivity index (χ1n) is 11.2. The largest absolute Gasteiger partial charge is 0.435 e. The minimum Gasteiger partial charge on any atom is -0.435 e. The lowest BCUT2D eigenvalue weighted by molar-refractivity contribution is -0.0498. The van der Waals surface area contributed by atoms with Crippen LogP contribution in [0.15, 0.2) is 35.3 Å². The van der Waals surface area contributed by atoms with Gasteiger partial charge >= 0.3 is 6.61 Å². The van der Waals surface area contributed by atoms with Crippen LogP contribution in [0.1, 0.15) is 56.0 Å². The summed E-state index contributed by atoms with van der Waals surface area (Å²) in [7, 11) is 0. The van der Waals surface area contributed by atoms with E-state index in [-0.39, 0.29) is 17.2 Å². The van der Waals surface area contributed by atoms with E-state index in [1.54, 1.807) is 18.3 Å². The van der Waals surface area contributed by atoms with Gasteiger partial charge in [0.1, 0.15) is 17.0 Å². The molecular formula is C23H27F2N5O2. The molecule has 1 aliphatic heterocycles. The third-order valence-corrected chi connectivity index (χ3v) is 6.75. The van der Waals surface area contributed by atoms with Crippen molar-refractivity contribution in [1.29, 1.82) is 0 Å². The molecule has 32 heavy (non-hydrogen) atoms. The third kappa shape index (κ3) is 4.13. The Kier molecular flexibility index (Phi) is 5.67. The second-order valence-corrected chi connectivity index (χ2v) is 9.02. The summed E-state index contributed by atoms with van der Waals surface area (Å²) in [6, 6.07) is 7.07. The van der Waals surface area contributed by atoms with Crippen molar-refractivity contribution in [2.24, 2.45) is 5.92 Å². The second kappa shape index (κ2) is 8.61. The number of rotatable bonds is 6. The summed E-state index contributed by atoms with van der Waals surface area (Å²) in [4.78, 5) is 22.9. The Balaban J connectivity index is 1.34. The van der Waals surface area contributed by atoms with Crippen molar-refractivity contribution < 1.29 is 13.5 Å². The van der Waals surface area contributed by atoms with Gasteiger partial charge in [0.2, 0.25) is 0 Å². The average Bonchev–Trinajstić information content (AvgIpc) is 3.48. The molecule has 3 heterocycles. The van der Waals surface area contributed by atoms with Gasteiger partial charge in [-0.3, -0.25) is 9.69 Å². The molecule has 0 amide bonds. The minimum absolute atomic E-state index is 0.112. The number of aromatic nitrogens is 4. The van der Waals surface area contributed by atoms with E-state index >= 15 is 0 Å². The number of benzene rings is 1. The number of aromatic amines is 1. The van der Waals surface area contributed by atoms with E-state index in [1.165, 1.54) is 12.8 Å². The molecule has 5 rings (SSSR count). The van der Waals surface area contributed by atoms with Crippen LogP contribution in [0.25, 0.3) is 11.0 Å². The highest BCUT2D eigenvalue weighted by molar-refractivity contribution is 5.73. The van der Waals surface area contributed by atoms with Gasteiger partial charge in [0, 0.05) is 25.6 Å². The Labute approximate surface area is 184 Å². The predicted molar refractivity (Wildman–Crippen MR) is 116 cm³/mol. The zero-order valence-corrected chi connectivity index (χ0v) is 18.0. The van der Waals surface area contributed by atoms with Crippen LogP contribution in [0.3, 0.4) is 0 Å². The fourth-order valence-corrected chi connectivity index (χ4v) is 5.13. The maximum Gasteiger partial charge on any atom is 0.387 e. The first-order chi connectivity index (χ1) is 15.5. The molecule has 0 bridgehead atoms. The number of halogens is 2. The number of ether oxygens (including phenoxy) is 1. The number of nitrogens with zero attached hydrogens (tertiary/aromatic N) is 4. The van der Waals surface area contributed by atoms with Gasteiger partial charge in [-0.2, -0.15) is 13.9 Å². The Hall–Kier alpha value is -2.81. The Morgan fingerprint density at radius 3 is 2.66 bits per heavy atom. The standard InChI is InChI=1S/C23H27F2N5O2/c1-14-11-29(12-15-6-8-17(9-7-15)32-23(24)25)13-19(14)20-27-21-18(22(31)28-20)10-26-30(21)16-4-2-3-5-16/h6-10,14,16,19,23H,2-5,11-13H2,1H3,(H,27,28,31)/t14-,19-/m1/s1. The molecule has 3 aromatic rings. The highest BCUT2D eigenvalue weighted by Gasteiger charge is 2.33. The molecule has 0 unspecified atom stereocenters. The summed E-state index contributed by atoms with van der Waals surface area (Å²) in [5.74, 6) is 1.31. The van der Waals surface area contributed by atoms with Crippen LogP contribution in [-0.4, -0.2) is 44.3 Å². The molecule has 2 aliphatic rings. The summed E-state index contributed by atoms with van der Waals surface area (Å²) >= 11 is 0. The van der Waals surface area contributed by atoms with Crippen LogP contribution < -0.4 is 10.3 Å². The van der Waals surface area contributed by atoms with Crippen LogP contribution >= 0.6 is 0 Å². The van der Waals surface area contributed by atoms with Gasteiger partial charge in [0.05, 0.1) is 12.2 Å². The maximum atomic E-state index is 12.7. The number of likely N-dealkylation sites (tertiary alicyclic amines) is 1. The predicted octanol–water partition coefficient (Wildman–Crippen LogP) is 4.07. The normalized spacial score (nSPS) is 22.4. The number of hydrogen-bond acceptors (Lipinski definition) is 5. The van der Waals surface area contributed by atoms with Crippen LogP contribution in [0.5, 0.6) is 5.75 Å². The fraction of sp³-hybridized carbons (Fsp3) is 0.522. The lowest BCUT2D eigenvalue weighted by Gasteiger charge is -2.16. The molecule has 2 aromatic heterocycles. The number of H-pyrrole nitrogens is 1. The van der Waals surface area contributed by atoms with Crippen molar-refractivity contribution >= 4 is 11.0 Å². The molecule has 1 aromatic carbocycles. The lowest BCUT2D eigenvalue weighted by atomic mass is 9.97. The highest BCUT2D eigenvalue weighted by Crippen LogP contribution is 2.33. The van der Waals surface area contributed by atoms with Crippen LogP contribution in [0, 0.1) is 5.92 Å². The summed E-state index contributed by atoms with van der Waals surface area (Å²) in [6.07, 6.45) is 6.16. The summed E-state index contributed by atoms with van der Waals surface area (Å²) in [5.41, 5.74) is 1.58. The van der Waals surface area contributed by atoms with Gasteiger partial charge in [0.15, 0.2) is 5.65 Å². The molecule has 0 spiro atoms. The van der Waals surface area contributed by atoms with Crippen molar-refractivity contribution in [3.05, 3.63) is 52.2 Å². The van der Waals surface area contributed by atoms with E-state index in [2.05, 4.69) is 26.6 Å². The van der Waals surface area contributed by atoms with Gasteiger partial charge < -0.3 is 9.72 Å². The number of nitrogens with one attached hydrogen (secondary N) is 1. The summed E-state index contributed by atoms with van der Waals surface area (Å²) < 4.78 is 31.1. The molecule has 1 saturated heterocycles. The molecule has 1 N–H and O–H groups in total.